The van der Waals surface area contributed by atoms with Crippen LogP contribution in [0.3, 0.4) is 0 Å². The number of hydrogen-bond acceptors (Lipinski definition) is 4. The Kier molecular flexibility index (Phi) is 3.22. The van der Waals surface area contributed by atoms with Crippen molar-refractivity contribution in [2.75, 3.05) is 7.11 Å². The standard InChI is InChI=1S/C17H14O4/c1-3-10-7-8-13-12(9-10)16(18)15-11(17(19)20-2)5-4-6-14(15)21-13/h4-9H,3H2,1-2H3. The van der Waals surface area contributed by atoms with Crippen LogP contribution in [0.25, 0.3) is 21.9 Å². The van der Waals surface area contributed by atoms with Gasteiger partial charge in [0.25, 0.3) is 0 Å². The molecule has 0 aliphatic heterocycles. The lowest BCUT2D eigenvalue weighted by molar-refractivity contribution is 0.0603. The minimum absolute atomic E-state index is 0.206. The third-order valence-corrected chi connectivity index (χ3v) is 3.58. The number of benzene rings is 2. The molecule has 0 N–H and O–H groups in total. The average molecular weight is 282 g/mol. The highest BCUT2D eigenvalue weighted by Gasteiger charge is 2.16. The minimum Gasteiger partial charge on any atom is -0.465 e. The summed E-state index contributed by atoms with van der Waals surface area (Å²) in [5.74, 6) is -0.543. The molecule has 4 nitrogen and oxygen atoms in total. The molecule has 0 unspecified atom stereocenters. The first-order valence-electron chi connectivity index (χ1n) is 6.72. The first-order valence-corrected chi connectivity index (χ1v) is 6.72. The fourth-order valence-corrected chi connectivity index (χ4v) is 2.45. The van der Waals surface area contributed by atoms with Crippen molar-refractivity contribution < 1.29 is 13.9 Å². The third kappa shape index (κ3) is 2.09. The van der Waals surface area contributed by atoms with Crippen LogP contribution in [0.1, 0.15) is 22.8 Å². The molecule has 21 heavy (non-hydrogen) atoms. The number of rotatable bonds is 2. The number of aryl methyl sites for hydroxylation is 1. The van der Waals surface area contributed by atoms with Crippen molar-refractivity contribution in [1.82, 2.24) is 0 Å². The van der Waals surface area contributed by atoms with Crippen LogP contribution in [0, 0.1) is 0 Å². The topological polar surface area (TPSA) is 56.5 Å². The zero-order valence-corrected chi connectivity index (χ0v) is 11.8. The average Bonchev–Trinajstić information content (AvgIpc) is 2.53. The molecule has 3 rings (SSSR count). The van der Waals surface area contributed by atoms with Crippen molar-refractivity contribution in [2.45, 2.75) is 13.3 Å². The Balaban J connectivity index is 2.47. The van der Waals surface area contributed by atoms with Gasteiger partial charge in [-0.3, -0.25) is 4.79 Å². The van der Waals surface area contributed by atoms with E-state index in [2.05, 4.69) is 0 Å². The van der Waals surface area contributed by atoms with Gasteiger partial charge in [0.2, 0.25) is 5.43 Å². The van der Waals surface area contributed by atoms with Crippen molar-refractivity contribution in [2.24, 2.45) is 0 Å². The van der Waals surface area contributed by atoms with E-state index in [4.69, 9.17) is 9.15 Å². The van der Waals surface area contributed by atoms with E-state index < -0.39 is 5.97 Å². The maximum absolute atomic E-state index is 12.7. The quantitative estimate of drug-likeness (QED) is 0.534. The molecule has 3 aromatic rings. The molecule has 2 aromatic carbocycles. The number of fused-ring (bicyclic) bond motifs is 2. The predicted octanol–water partition coefficient (Wildman–Crippen LogP) is 3.30. The van der Waals surface area contributed by atoms with Crippen LogP contribution in [-0.4, -0.2) is 13.1 Å². The van der Waals surface area contributed by atoms with Gasteiger partial charge in [0.1, 0.15) is 11.2 Å². The molecule has 0 bridgehead atoms. The van der Waals surface area contributed by atoms with Gasteiger partial charge in [-0.2, -0.15) is 0 Å². The van der Waals surface area contributed by atoms with Crippen LogP contribution in [0.5, 0.6) is 0 Å². The summed E-state index contributed by atoms with van der Waals surface area (Å²) in [7, 11) is 1.29. The zero-order valence-electron chi connectivity index (χ0n) is 11.8. The van der Waals surface area contributed by atoms with E-state index in [1.807, 2.05) is 19.1 Å². The number of carbonyl (C=O) groups is 1. The van der Waals surface area contributed by atoms with Crippen molar-refractivity contribution in [1.29, 1.82) is 0 Å². The predicted molar refractivity (Wildman–Crippen MR) is 80.7 cm³/mol. The van der Waals surface area contributed by atoms with Crippen molar-refractivity contribution >= 4 is 27.9 Å². The molecule has 0 atom stereocenters. The normalized spacial score (nSPS) is 11.0. The van der Waals surface area contributed by atoms with Gasteiger partial charge in [0.15, 0.2) is 0 Å². The largest absolute Gasteiger partial charge is 0.465 e. The molecule has 0 radical (unpaired) electrons. The molecule has 0 aliphatic carbocycles. The summed E-state index contributed by atoms with van der Waals surface area (Å²) < 4.78 is 10.5. The zero-order chi connectivity index (χ0) is 15.0. The Bertz CT molecular complexity index is 906. The lowest BCUT2D eigenvalue weighted by atomic mass is 10.0. The molecule has 4 heteroatoms. The highest BCUT2D eigenvalue weighted by atomic mass is 16.5. The van der Waals surface area contributed by atoms with Crippen LogP contribution in [0.4, 0.5) is 0 Å². The Hall–Kier alpha value is -2.62. The summed E-state index contributed by atoms with van der Waals surface area (Å²) in [6.07, 6.45) is 0.825. The first kappa shape index (κ1) is 13.4. The summed E-state index contributed by atoms with van der Waals surface area (Å²) in [4.78, 5) is 24.6. The first-order chi connectivity index (χ1) is 10.2. The van der Waals surface area contributed by atoms with Crippen LogP contribution >= 0.6 is 0 Å². The van der Waals surface area contributed by atoms with E-state index in [0.29, 0.717) is 16.6 Å². The lowest BCUT2D eigenvalue weighted by Crippen LogP contribution is -2.10. The Labute approximate surface area is 120 Å². The highest BCUT2D eigenvalue weighted by molar-refractivity contribution is 6.05. The van der Waals surface area contributed by atoms with Gasteiger partial charge < -0.3 is 9.15 Å². The second-order valence-electron chi connectivity index (χ2n) is 4.79. The Morgan fingerprint density at radius 3 is 2.71 bits per heavy atom. The monoisotopic (exact) mass is 282 g/mol. The molecule has 0 amide bonds. The van der Waals surface area contributed by atoms with Crippen LogP contribution in [0.2, 0.25) is 0 Å². The fourth-order valence-electron chi connectivity index (χ4n) is 2.45. The highest BCUT2D eigenvalue weighted by Crippen LogP contribution is 2.22. The molecule has 0 saturated carbocycles. The number of ether oxygens (including phenoxy) is 1. The third-order valence-electron chi connectivity index (χ3n) is 3.58. The van der Waals surface area contributed by atoms with Crippen molar-refractivity contribution in [3.63, 3.8) is 0 Å². The van der Waals surface area contributed by atoms with Gasteiger partial charge in [-0.05, 0) is 36.2 Å². The molecule has 0 saturated heterocycles. The van der Waals surface area contributed by atoms with E-state index in [-0.39, 0.29) is 16.4 Å². The maximum atomic E-state index is 12.7. The summed E-state index contributed by atoms with van der Waals surface area (Å²) in [5.41, 5.74) is 1.98. The fraction of sp³-hybridized carbons (Fsp3) is 0.176. The van der Waals surface area contributed by atoms with E-state index in [1.165, 1.54) is 7.11 Å². The summed E-state index contributed by atoms with van der Waals surface area (Å²) in [6, 6.07) is 10.5. The SMILES string of the molecule is CCc1ccc2oc3cccc(C(=O)OC)c3c(=O)c2c1. The molecule has 0 aliphatic rings. The molecule has 1 aromatic heterocycles. The Morgan fingerprint density at radius 2 is 2.00 bits per heavy atom. The van der Waals surface area contributed by atoms with Gasteiger partial charge >= 0.3 is 5.97 Å². The van der Waals surface area contributed by atoms with Gasteiger partial charge in [-0.1, -0.05) is 19.1 Å². The number of carbonyl (C=O) groups excluding carboxylic acids is 1. The molecule has 0 spiro atoms. The van der Waals surface area contributed by atoms with Crippen LogP contribution in [0.15, 0.2) is 45.6 Å². The maximum Gasteiger partial charge on any atom is 0.338 e. The van der Waals surface area contributed by atoms with E-state index in [0.717, 1.165) is 12.0 Å². The second-order valence-corrected chi connectivity index (χ2v) is 4.79. The lowest BCUT2D eigenvalue weighted by Gasteiger charge is -2.06. The molecule has 106 valence electrons. The van der Waals surface area contributed by atoms with Gasteiger partial charge in [-0.25, -0.2) is 4.79 Å². The Morgan fingerprint density at radius 1 is 1.19 bits per heavy atom. The second kappa shape index (κ2) is 5.05. The van der Waals surface area contributed by atoms with Crippen LogP contribution < -0.4 is 5.43 Å². The molecule has 0 fully saturated rings. The molecular formula is C17H14O4. The smallest absolute Gasteiger partial charge is 0.338 e. The summed E-state index contributed by atoms with van der Waals surface area (Å²) in [5, 5.41) is 0.753. The van der Waals surface area contributed by atoms with E-state index >= 15 is 0 Å². The molecule has 1 heterocycles. The van der Waals surface area contributed by atoms with Crippen LogP contribution in [-0.2, 0) is 11.2 Å². The molecular weight excluding hydrogens is 268 g/mol. The minimum atomic E-state index is -0.543. The van der Waals surface area contributed by atoms with Crippen molar-refractivity contribution in [3.05, 3.63) is 57.7 Å². The number of methoxy groups -OCH3 is 1. The summed E-state index contributed by atoms with van der Waals surface area (Å²) in [6.45, 7) is 2.02. The van der Waals surface area contributed by atoms with E-state index in [9.17, 15) is 9.59 Å². The van der Waals surface area contributed by atoms with Gasteiger partial charge in [-0.15, -0.1) is 0 Å². The number of esters is 1. The summed E-state index contributed by atoms with van der Waals surface area (Å²) >= 11 is 0. The van der Waals surface area contributed by atoms with Gasteiger partial charge in [0, 0.05) is 0 Å². The van der Waals surface area contributed by atoms with Gasteiger partial charge in [0.05, 0.1) is 23.4 Å². The number of hydrogen-bond donors (Lipinski definition) is 0. The van der Waals surface area contributed by atoms with E-state index in [1.54, 1.807) is 24.3 Å². The van der Waals surface area contributed by atoms with Crippen molar-refractivity contribution in [3.8, 4) is 0 Å².